The summed E-state index contributed by atoms with van der Waals surface area (Å²) >= 11 is 0. The minimum absolute atomic E-state index is 0.103. The van der Waals surface area contributed by atoms with Crippen molar-refractivity contribution in [1.29, 1.82) is 0 Å². The van der Waals surface area contributed by atoms with Gasteiger partial charge in [-0.2, -0.15) is 0 Å². The summed E-state index contributed by atoms with van der Waals surface area (Å²) < 4.78 is 6.06. The molecule has 0 spiro atoms. The standard InChI is InChI=1S/C18H21NO2/c1-12-4-5-14(8-13(12)2)9-16-11-19(3)17-7-6-15(20)10-18(17)21-16/h4-8,10,16,20H,9,11H2,1-3H3. The topological polar surface area (TPSA) is 32.7 Å². The lowest BCUT2D eigenvalue weighted by Gasteiger charge is -2.34. The summed E-state index contributed by atoms with van der Waals surface area (Å²) in [5.74, 6) is 1.01. The first-order chi connectivity index (χ1) is 10.0. The van der Waals surface area contributed by atoms with Gasteiger partial charge in [0, 0.05) is 19.5 Å². The maximum Gasteiger partial charge on any atom is 0.146 e. The van der Waals surface area contributed by atoms with Crippen LogP contribution in [0.2, 0.25) is 0 Å². The molecule has 1 aliphatic rings. The second-order valence-electron chi connectivity index (χ2n) is 5.90. The third-order valence-electron chi connectivity index (χ3n) is 4.16. The van der Waals surface area contributed by atoms with Gasteiger partial charge in [-0.3, -0.25) is 0 Å². The van der Waals surface area contributed by atoms with E-state index in [0.29, 0.717) is 0 Å². The number of phenolic OH excluding ortho intramolecular Hbond substituents is 1. The maximum absolute atomic E-state index is 9.62. The Kier molecular flexibility index (Phi) is 3.50. The second-order valence-corrected chi connectivity index (χ2v) is 5.90. The molecule has 3 rings (SSSR count). The number of rotatable bonds is 2. The normalized spacial score (nSPS) is 17.3. The number of aryl methyl sites for hydroxylation is 2. The van der Waals surface area contributed by atoms with Crippen molar-refractivity contribution >= 4 is 5.69 Å². The molecule has 0 saturated carbocycles. The minimum atomic E-state index is 0.103. The molecule has 0 saturated heterocycles. The van der Waals surface area contributed by atoms with Crippen LogP contribution < -0.4 is 9.64 Å². The van der Waals surface area contributed by atoms with Crippen LogP contribution in [0.4, 0.5) is 5.69 Å². The van der Waals surface area contributed by atoms with E-state index in [2.05, 4.69) is 44.0 Å². The predicted octanol–water partition coefficient (Wildman–Crippen LogP) is 3.45. The number of aromatic hydroxyl groups is 1. The molecule has 1 heterocycles. The number of hydrogen-bond donors (Lipinski definition) is 1. The highest BCUT2D eigenvalue weighted by Crippen LogP contribution is 2.35. The van der Waals surface area contributed by atoms with Gasteiger partial charge in [0.25, 0.3) is 0 Å². The summed E-state index contributed by atoms with van der Waals surface area (Å²) in [7, 11) is 2.06. The molecule has 3 nitrogen and oxygen atoms in total. The van der Waals surface area contributed by atoms with Crippen LogP contribution in [0.5, 0.6) is 11.5 Å². The van der Waals surface area contributed by atoms with E-state index in [4.69, 9.17) is 4.74 Å². The summed E-state index contributed by atoms with van der Waals surface area (Å²) in [6.45, 7) is 5.12. The Morgan fingerprint density at radius 1 is 1.14 bits per heavy atom. The highest BCUT2D eigenvalue weighted by molar-refractivity contribution is 5.62. The number of fused-ring (bicyclic) bond motifs is 1. The number of phenols is 1. The van der Waals surface area contributed by atoms with Gasteiger partial charge in [-0.15, -0.1) is 0 Å². The van der Waals surface area contributed by atoms with Gasteiger partial charge in [-0.25, -0.2) is 0 Å². The van der Waals surface area contributed by atoms with Gasteiger partial charge in [-0.1, -0.05) is 18.2 Å². The van der Waals surface area contributed by atoms with Crippen LogP contribution in [0.25, 0.3) is 0 Å². The van der Waals surface area contributed by atoms with E-state index in [1.807, 2.05) is 6.07 Å². The summed E-state index contributed by atoms with van der Waals surface area (Å²) in [5, 5.41) is 9.62. The molecule has 2 aromatic rings. The Bertz CT molecular complexity index is 666. The quantitative estimate of drug-likeness (QED) is 0.916. The lowest BCUT2D eigenvalue weighted by molar-refractivity contribution is 0.195. The van der Waals surface area contributed by atoms with Crippen LogP contribution in [-0.2, 0) is 6.42 Å². The SMILES string of the molecule is Cc1ccc(CC2CN(C)c3ccc(O)cc3O2)cc1C. The average molecular weight is 283 g/mol. The van der Waals surface area contributed by atoms with E-state index in [1.165, 1.54) is 16.7 Å². The van der Waals surface area contributed by atoms with Crippen molar-refractivity contribution in [1.82, 2.24) is 0 Å². The van der Waals surface area contributed by atoms with Crippen LogP contribution >= 0.6 is 0 Å². The summed E-state index contributed by atoms with van der Waals surface area (Å²) in [6.07, 6.45) is 0.979. The zero-order valence-corrected chi connectivity index (χ0v) is 12.8. The van der Waals surface area contributed by atoms with Crippen molar-refractivity contribution in [2.45, 2.75) is 26.4 Å². The van der Waals surface area contributed by atoms with Gasteiger partial charge >= 0.3 is 0 Å². The van der Waals surface area contributed by atoms with E-state index < -0.39 is 0 Å². The number of anilines is 1. The molecule has 0 amide bonds. The fourth-order valence-electron chi connectivity index (χ4n) is 2.83. The zero-order chi connectivity index (χ0) is 15.0. The molecule has 0 fully saturated rings. The molecular formula is C18H21NO2. The molecule has 110 valence electrons. The molecular weight excluding hydrogens is 262 g/mol. The predicted molar refractivity (Wildman–Crippen MR) is 85.4 cm³/mol. The third kappa shape index (κ3) is 2.82. The summed E-state index contributed by atoms with van der Waals surface area (Å²) in [4.78, 5) is 2.18. The lowest BCUT2D eigenvalue weighted by atomic mass is 10.0. The van der Waals surface area contributed by atoms with Crippen molar-refractivity contribution in [3.63, 3.8) is 0 Å². The van der Waals surface area contributed by atoms with Crippen molar-refractivity contribution in [3.8, 4) is 11.5 Å². The number of benzene rings is 2. The average Bonchev–Trinajstić information content (AvgIpc) is 2.42. The zero-order valence-electron chi connectivity index (χ0n) is 12.8. The van der Waals surface area contributed by atoms with E-state index >= 15 is 0 Å². The van der Waals surface area contributed by atoms with Gasteiger partial charge in [0.15, 0.2) is 0 Å². The number of nitrogens with zero attached hydrogens (tertiary/aromatic N) is 1. The Balaban J connectivity index is 1.80. The van der Waals surface area contributed by atoms with Gasteiger partial charge in [-0.05, 0) is 42.7 Å². The maximum atomic E-state index is 9.62. The van der Waals surface area contributed by atoms with Gasteiger partial charge in [0.05, 0.1) is 12.2 Å². The van der Waals surface area contributed by atoms with E-state index in [0.717, 1.165) is 24.4 Å². The highest BCUT2D eigenvalue weighted by Gasteiger charge is 2.24. The van der Waals surface area contributed by atoms with Gasteiger partial charge in [0.1, 0.15) is 17.6 Å². The van der Waals surface area contributed by atoms with Crippen molar-refractivity contribution < 1.29 is 9.84 Å². The van der Waals surface area contributed by atoms with Crippen LogP contribution in [-0.4, -0.2) is 24.8 Å². The molecule has 0 aliphatic carbocycles. The molecule has 0 aromatic heterocycles. The molecule has 21 heavy (non-hydrogen) atoms. The Morgan fingerprint density at radius 2 is 1.95 bits per heavy atom. The van der Waals surface area contributed by atoms with Crippen LogP contribution in [0.1, 0.15) is 16.7 Å². The van der Waals surface area contributed by atoms with Crippen molar-refractivity contribution in [3.05, 3.63) is 53.1 Å². The molecule has 1 unspecified atom stereocenters. The molecule has 2 aromatic carbocycles. The molecule has 1 N–H and O–H groups in total. The fraction of sp³-hybridized carbons (Fsp3) is 0.333. The largest absolute Gasteiger partial charge is 0.508 e. The van der Waals surface area contributed by atoms with Crippen LogP contribution in [0, 0.1) is 13.8 Å². The van der Waals surface area contributed by atoms with Gasteiger partial charge < -0.3 is 14.7 Å². The number of likely N-dealkylation sites (N-methyl/N-ethyl adjacent to an activating group) is 1. The Morgan fingerprint density at radius 3 is 2.71 bits per heavy atom. The smallest absolute Gasteiger partial charge is 0.146 e. The summed E-state index contributed by atoms with van der Waals surface area (Å²) in [5.41, 5.74) is 4.95. The first-order valence-corrected chi connectivity index (χ1v) is 7.30. The Hall–Kier alpha value is -2.16. The molecule has 0 bridgehead atoms. The van der Waals surface area contributed by atoms with E-state index in [-0.39, 0.29) is 11.9 Å². The van der Waals surface area contributed by atoms with E-state index in [9.17, 15) is 5.11 Å². The fourth-order valence-corrected chi connectivity index (χ4v) is 2.83. The molecule has 0 radical (unpaired) electrons. The van der Waals surface area contributed by atoms with Crippen LogP contribution in [0.3, 0.4) is 0 Å². The molecule has 1 atom stereocenters. The van der Waals surface area contributed by atoms with Crippen molar-refractivity contribution in [2.24, 2.45) is 0 Å². The number of hydrogen-bond acceptors (Lipinski definition) is 3. The monoisotopic (exact) mass is 283 g/mol. The summed E-state index contributed by atoms with van der Waals surface area (Å²) in [6, 6.07) is 11.9. The number of ether oxygens (including phenoxy) is 1. The minimum Gasteiger partial charge on any atom is -0.508 e. The lowest BCUT2D eigenvalue weighted by Crippen LogP contribution is -2.38. The first kappa shape index (κ1) is 13.8. The highest BCUT2D eigenvalue weighted by atomic mass is 16.5. The Labute approximate surface area is 125 Å². The first-order valence-electron chi connectivity index (χ1n) is 7.30. The third-order valence-corrected chi connectivity index (χ3v) is 4.16. The molecule has 1 aliphatic heterocycles. The molecule has 3 heteroatoms. The van der Waals surface area contributed by atoms with Crippen molar-refractivity contribution in [2.75, 3.05) is 18.5 Å². The van der Waals surface area contributed by atoms with Gasteiger partial charge in [0.2, 0.25) is 0 Å². The second kappa shape index (κ2) is 5.32. The van der Waals surface area contributed by atoms with Crippen LogP contribution in [0.15, 0.2) is 36.4 Å². The van der Waals surface area contributed by atoms with E-state index in [1.54, 1.807) is 12.1 Å².